The van der Waals surface area contributed by atoms with Gasteiger partial charge in [0.1, 0.15) is 5.82 Å². The lowest BCUT2D eigenvalue weighted by atomic mass is 9.70. The van der Waals surface area contributed by atoms with Crippen LogP contribution in [0.4, 0.5) is 4.39 Å². The summed E-state index contributed by atoms with van der Waals surface area (Å²) in [6, 6.07) is 4.98. The second kappa shape index (κ2) is 5.92. The van der Waals surface area contributed by atoms with E-state index in [4.69, 9.17) is 0 Å². The molecule has 2 atom stereocenters. The van der Waals surface area contributed by atoms with Crippen LogP contribution in [0.2, 0.25) is 0 Å². The summed E-state index contributed by atoms with van der Waals surface area (Å²) >= 11 is 3.52. The van der Waals surface area contributed by atoms with Crippen molar-refractivity contribution in [1.82, 2.24) is 5.32 Å². The number of halogens is 2. The van der Waals surface area contributed by atoms with Gasteiger partial charge < -0.3 is 5.32 Å². The topological polar surface area (TPSA) is 12.0 Å². The molecule has 1 saturated carbocycles. The molecule has 0 bridgehead atoms. The van der Waals surface area contributed by atoms with Crippen LogP contribution in [0.15, 0.2) is 22.7 Å². The smallest absolute Gasteiger partial charge is 0.123 e. The second-order valence-electron chi connectivity index (χ2n) is 6.67. The maximum absolute atomic E-state index is 13.3. The Bertz CT molecular complexity index is 439. The minimum absolute atomic E-state index is 0.137. The third-order valence-corrected chi connectivity index (χ3v) is 4.73. The molecule has 1 aliphatic carbocycles. The standard InChI is InChI=1S/C16H23BrFN/c1-16(2,3)19-10-12-5-4-11(12)8-13-9-14(18)6-7-15(13)17/h6-7,9,11-12,19H,4-5,8,10H2,1-3H3. The molecule has 0 heterocycles. The van der Waals surface area contributed by atoms with Crippen molar-refractivity contribution in [3.8, 4) is 0 Å². The molecular weight excluding hydrogens is 305 g/mol. The summed E-state index contributed by atoms with van der Waals surface area (Å²) in [6.07, 6.45) is 3.54. The Labute approximate surface area is 124 Å². The molecular formula is C16H23BrFN. The SMILES string of the molecule is CC(C)(C)NCC1CCC1Cc1cc(F)ccc1Br. The van der Waals surface area contributed by atoms with E-state index in [1.54, 1.807) is 6.07 Å². The molecule has 1 nitrogen and oxygen atoms in total. The zero-order valence-electron chi connectivity index (χ0n) is 12.0. The van der Waals surface area contributed by atoms with Gasteiger partial charge in [-0.15, -0.1) is 0 Å². The van der Waals surface area contributed by atoms with Crippen LogP contribution in [0.1, 0.15) is 39.2 Å². The number of nitrogens with one attached hydrogen (secondary N) is 1. The molecule has 19 heavy (non-hydrogen) atoms. The van der Waals surface area contributed by atoms with Crippen molar-refractivity contribution < 1.29 is 4.39 Å². The van der Waals surface area contributed by atoms with Crippen molar-refractivity contribution in [1.29, 1.82) is 0 Å². The highest BCUT2D eigenvalue weighted by Gasteiger charge is 2.31. The Balaban J connectivity index is 1.91. The lowest BCUT2D eigenvalue weighted by Crippen LogP contribution is -2.44. The monoisotopic (exact) mass is 327 g/mol. The first-order valence-electron chi connectivity index (χ1n) is 7.04. The number of benzene rings is 1. The lowest BCUT2D eigenvalue weighted by molar-refractivity contribution is 0.159. The zero-order valence-corrected chi connectivity index (χ0v) is 13.6. The van der Waals surface area contributed by atoms with Crippen LogP contribution in [-0.4, -0.2) is 12.1 Å². The van der Waals surface area contributed by atoms with Gasteiger partial charge in [-0.2, -0.15) is 0 Å². The highest BCUT2D eigenvalue weighted by atomic mass is 79.9. The van der Waals surface area contributed by atoms with Crippen molar-refractivity contribution in [2.24, 2.45) is 11.8 Å². The first-order chi connectivity index (χ1) is 8.85. The molecule has 1 N–H and O–H groups in total. The minimum atomic E-state index is -0.137. The van der Waals surface area contributed by atoms with Gasteiger partial charge in [0, 0.05) is 10.0 Å². The van der Waals surface area contributed by atoms with E-state index in [2.05, 4.69) is 42.0 Å². The zero-order chi connectivity index (χ0) is 14.0. The first kappa shape index (κ1) is 15.0. The van der Waals surface area contributed by atoms with Crippen molar-refractivity contribution in [2.75, 3.05) is 6.54 Å². The summed E-state index contributed by atoms with van der Waals surface area (Å²) in [4.78, 5) is 0. The summed E-state index contributed by atoms with van der Waals surface area (Å²) in [5.74, 6) is 1.28. The fourth-order valence-corrected chi connectivity index (χ4v) is 3.00. The molecule has 0 aromatic heterocycles. The van der Waals surface area contributed by atoms with E-state index >= 15 is 0 Å². The summed E-state index contributed by atoms with van der Waals surface area (Å²) in [5, 5.41) is 3.58. The molecule has 2 unspecified atom stereocenters. The number of hydrogen-bond donors (Lipinski definition) is 1. The van der Waals surface area contributed by atoms with E-state index in [0.717, 1.165) is 28.9 Å². The normalized spacial score (nSPS) is 23.2. The van der Waals surface area contributed by atoms with Crippen LogP contribution < -0.4 is 5.32 Å². The molecule has 1 aromatic carbocycles. The molecule has 106 valence electrons. The van der Waals surface area contributed by atoms with Crippen LogP contribution in [-0.2, 0) is 6.42 Å². The Morgan fingerprint density at radius 1 is 1.26 bits per heavy atom. The van der Waals surface area contributed by atoms with Gasteiger partial charge in [0.25, 0.3) is 0 Å². The first-order valence-corrected chi connectivity index (χ1v) is 7.83. The summed E-state index contributed by atoms with van der Waals surface area (Å²) in [5.41, 5.74) is 1.28. The van der Waals surface area contributed by atoms with E-state index in [1.165, 1.54) is 18.9 Å². The van der Waals surface area contributed by atoms with Crippen LogP contribution in [0.3, 0.4) is 0 Å². The van der Waals surface area contributed by atoms with Crippen molar-refractivity contribution in [2.45, 2.75) is 45.6 Å². The number of rotatable bonds is 4. The maximum atomic E-state index is 13.3. The average molecular weight is 328 g/mol. The molecule has 0 radical (unpaired) electrons. The fourth-order valence-electron chi connectivity index (χ4n) is 2.60. The molecule has 1 fully saturated rings. The lowest BCUT2D eigenvalue weighted by Gasteiger charge is -2.39. The van der Waals surface area contributed by atoms with E-state index in [1.807, 2.05) is 6.07 Å². The summed E-state index contributed by atoms with van der Waals surface area (Å²) < 4.78 is 14.3. The van der Waals surface area contributed by atoms with E-state index in [9.17, 15) is 4.39 Å². The average Bonchev–Trinajstić information content (AvgIpc) is 2.27. The van der Waals surface area contributed by atoms with Crippen molar-refractivity contribution in [3.05, 3.63) is 34.1 Å². The molecule has 0 aliphatic heterocycles. The Hall–Kier alpha value is -0.410. The van der Waals surface area contributed by atoms with Crippen molar-refractivity contribution in [3.63, 3.8) is 0 Å². The van der Waals surface area contributed by atoms with Crippen LogP contribution in [0.25, 0.3) is 0 Å². The molecule has 1 aromatic rings. The second-order valence-corrected chi connectivity index (χ2v) is 7.52. The van der Waals surface area contributed by atoms with Gasteiger partial charge in [0.05, 0.1) is 0 Å². The fraction of sp³-hybridized carbons (Fsp3) is 0.625. The Morgan fingerprint density at radius 3 is 2.53 bits per heavy atom. The van der Waals surface area contributed by atoms with Gasteiger partial charge in [-0.05, 0) is 82.2 Å². The van der Waals surface area contributed by atoms with E-state index < -0.39 is 0 Å². The third-order valence-electron chi connectivity index (χ3n) is 3.96. The van der Waals surface area contributed by atoms with E-state index in [0.29, 0.717) is 5.92 Å². The molecule has 3 heteroatoms. The molecule has 1 aliphatic rings. The number of hydrogen-bond acceptors (Lipinski definition) is 1. The van der Waals surface area contributed by atoms with Crippen molar-refractivity contribution >= 4 is 15.9 Å². The van der Waals surface area contributed by atoms with E-state index in [-0.39, 0.29) is 11.4 Å². The maximum Gasteiger partial charge on any atom is 0.123 e. The minimum Gasteiger partial charge on any atom is -0.312 e. The summed E-state index contributed by atoms with van der Waals surface area (Å²) in [6.45, 7) is 7.67. The summed E-state index contributed by atoms with van der Waals surface area (Å²) in [7, 11) is 0. The highest BCUT2D eigenvalue weighted by Crippen LogP contribution is 2.38. The van der Waals surface area contributed by atoms with Crippen LogP contribution in [0, 0.1) is 17.7 Å². The van der Waals surface area contributed by atoms with Crippen LogP contribution in [0.5, 0.6) is 0 Å². The van der Waals surface area contributed by atoms with Gasteiger partial charge in [-0.25, -0.2) is 4.39 Å². The van der Waals surface area contributed by atoms with Gasteiger partial charge in [-0.1, -0.05) is 15.9 Å². The van der Waals surface area contributed by atoms with Gasteiger partial charge in [-0.3, -0.25) is 0 Å². The van der Waals surface area contributed by atoms with Gasteiger partial charge in [0.15, 0.2) is 0 Å². The predicted octanol–water partition coefficient (Wildman–Crippen LogP) is 4.55. The Kier molecular flexibility index (Phi) is 4.67. The predicted molar refractivity (Wildman–Crippen MR) is 81.8 cm³/mol. The molecule has 2 rings (SSSR count). The van der Waals surface area contributed by atoms with Gasteiger partial charge in [0.2, 0.25) is 0 Å². The molecule has 0 amide bonds. The molecule has 0 saturated heterocycles. The molecule has 0 spiro atoms. The van der Waals surface area contributed by atoms with Gasteiger partial charge >= 0.3 is 0 Å². The van der Waals surface area contributed by atoms with Crippen LogP contribution >= 0.6 is 15.9 Å². The third kappa shape index (κ3) is 4.28. The quantitative estimate of drug-likeness (QED) is 0.855. The highest BCUT2D eigenvalue weighted by molar-refractivity contribution is 9.10. The largest absolute Gasteiger partial charge is 0.312 e. The Morgan fingerprint density at radius 2 is 1.95 bits per heavy atom.